The van der Waals surface area contributed by atoms with Crippen molar-refractivity contribution < 1.29 is 38.2 Å². The van der Waals surface area contributed by atoms with E-state index in [4.69, 9.17) is 67.5 Å². The van der Waals surface area contributed by atoms with E-state index < -0.39 is 47.3 Å². The zero-order chi connectivity index (χ0) is 50.2. The van der Waals surface area contributed by atoms with Crippen LogP contribution in [0.15, 0.2) is 111 Å². The summed E-state index contributed by atoms with van der Waals surface area (Å²) in [5.41, 5.74) is 3.89. The molecule has 5 aromatic carbocycles. The molecular formula is C48H45Cl5N8O8. The Labute approximate surface area is 422 Å². The van der Waals surface area contributed by atoms with Gasteiger partial charge in [0.25, 0.3) is 23.6 Å². The minimum absolute atomic E-state index is 0.0899. The number of azo groups is 2. The lowest BCUT2D eigenvalue weighted by Crippen LogP contribution is -2.32. The highest BCUT2D eigenvalue weighted by atomic mass is 35.5. The highest BCUT2D eigenvalue weighted by Crippen LogP contribution is 2.30. The molecule has 4 N–H and O–H groups in total. The van der Waals surface area contributed by atoms with Gasteiger partial charge in [0.2, 0.25) is 12.1 Å². The Hall–Kier alpha value is -6.43. The lowest BCUT2D eigenvalue weighted by molar-refractivity contribution is -0.127. The van der Waals surface area contributed by atoms with Gasteiger partial charge in [-0.3, -0.25) is 28.8 Å². The number of Topliss-reactive ketones (excluding diaryl/α,β-unsaturated/α-hetero) is 2. The van der Waals surface area contributed by atoms with Gasteiger partial charge in [0, 0.05) is 73.7 Å². The molecule has 2 atom stereocenters. The predicted octanol–water partition coefficient (Wildman–Crippen LogP) is 11.2. The van der Waals surface area contributed by atoms with Crippen LogP contribution in [-0.2, 0) is 38.4 Å². The van der Waals surface area contributed by atoms with Crippen LogP contribution in [0, 0.1) is 0 Å². The molecule has 0 saturated heterocycles. The van der Waals surface area contributed by atoms with Crippen molar-refractivity contribution in [3.63, 3.8) is 0 Å². The smallest absolute Gasteiger partial charge is 0.258 e. The van der Waals surface area contributed by atoms with Crippen LogP contribution >= 0.6 is 58.0 Å². The third-order valence-corrected chi connectivity index (χ3v) is 11.0. The van der Waals surface area contributed by atoms with Gasteiger partial charge in [-0.05, 0) is 117 Å². The molecule has 360 valence electrons. The van der Waals surface area contributed by atoms with E-state index in [1.807, 2.05) is 0 Å². The van der Waals surface area contributed by atoms with E-state index in [0.717, 1.165) is 18.1 Å². The lowest BCUT2D eigenvalue weighted by Gasteiger charge is -2.15. The highest BCUT2D eigenvalue weighted by Gasteiger charge is 2.26. The standard InChI is InChI=1S/C48H45Cl5N8O8/c1-26(62)43(60-58-36-20-31(17-33(52)22-36)45(64)56-41-24-38(68-3)8-5-28(41)11-14-49)47(66)54-35-7-10-40(30(19-35)13-16-51)55-48(67)44(27(2)63)61-59-37-21-32(18-34(53)23-37)46(65)57-42-25-39(69-4)9-6-29(42)12-15-50/h5-10,17-25,43-44H,11-16H2,1-4H3,(H,54,66)(H,55,67)(H,56,64)(H,57,65). The summed E-state index contributed by atoms with van der Waals surface area (Å²) in [4.78, 5) is 79.2. The number of halogens is 5. The van der Waals surface area contributed by atoms with E-state index in [2.05, 4.69) is 41.7 Å². The summed E-state index contributed by atoms with van der Waals surface area (Å²) >= 11 is 30.7. The predicted molar refractivity (Wildman–Crippen MR) is 270 cm³/mol. The van der Waals surface area contributed by atoms with E-state index in [1.165, 1.54) is 75.7 Å². The Bertz CT molecular complexity index is 2810. The van der Waals surface area contributed by atoms with Gasteiger partial charge < -0.3 is 30.7 Å². The number of hydrogen-bond donors (Lipinski definition) is 4. The molecule has 69 heavy (non-hydrogen) atoms. The number of benzene rings is 5. The summed E-state index contributed by atoms with van der Waals surface area (Å²) in [7, 11) is 3.01. The van der Waals surface area contributed by atoms with Gasteiger partial charge in [-0.2, -0.15) is 20.5 Å². The summed E-state index contributed by atoms with van der Waals surface area (Å²) in [6.45, 7) is 2.33. The van der Waals surface area contributed by atoms with Crippen LogP contribution in [-0.4, -0.2) is 79.1 Å². The second-order valence-electron chi connectivity index (χ2n) is 15.0. The Kier molecular flexibility index (Phi) is 20.0. The molecule has 0 aliphatic carbocycles. The summed E-state index contributed by atoms with van der Waals surface area (Å²) in [6, 6.07) is 20.1. The van der Waals surface area contributed by atoms with Crippen LogP contribution in [0.3, 0.4) is 0 Å². The largest absolute Gasteiger partial charge is 0.497 e. The minimum atomic E-state index is -1.62. The first-order valence-corrected chi connectivity index (χ1v) is 23.2. The second kappa shape index (κ2) is 25.8. The van der Waals surface area contributed by atoms with Crippen LogP contribution in [0.5, 0.6) is 11.5 Å². The molecular weight excluding hydrogens is 994 g/mol. The van der Waals surface area contributed by atoms with Crippen molar-refractivity contribution in [1.29, 1.82) is 0 Å². The van der Waals surface area contributed by atoms with E-state index >= 15 is 0 Å². The SMILES string of the molecule is COc1ccc(CCCl)c(NC(=O)c2cc(Cl)cc(N=NC(C(C)=O)C(=O)Nc3ccc(NC(=O)C(N=Nc4cc(Cl)cc(C(=O)Nc5cc(OC)ccc5CCCl)c4)C(C)=O)c(CCCl)c3)c2)c1. The zero-order valence-electron chi connectivity index (χ0n) is 37.5. The van der Waals surface area contributed by atoms with Gasteiger partial charge in [-0.25, -0.2) is 0 Å². The van der Waals surface area contributed by atoms with Crippen LogP contribution in [0.4, 0.5) is 34.1 Å². The molecule has 2 unspecified atom stereocenters. The fourth-order valence-corrected chi connectivity index (χ4v) is 7.62. The number of aryl methyl sites for hydroxylation is 3. The number of rotatable bonds is 22. The molecule has 21 heteroatoms. The molecule has 4 amide bonds. The van der Waals surface area contributed by atoms with Crippen LogP contribution in [0.25, 0.3) is 0 Å². The molecule has 5 aromatic rings. The third kappa shape index (κ3) is 15.3. The molecule has 0 heterocycles. The fraction of sp³-hybridized carbons (Fsp3) is 0.250. The van der Waals surface area contributed by atoms with E-state index in [0.29, 0.717) is 53.0 Å². The molecule has 0 fully saturated rings. The average Bonchev–Trinajstić information content (AvgIpc) is 3.30. The van der Waals surface area contributed by atoms with Crippen molar-refractivity contribution >= 4 is 127 Å². The number of ether oxygens (including phenoxy) is 2. The van der Waals surface area contributed by atoms with Gasteiger partial charge >= 0.3 is 0 Å². The highest BCUT2D eigenvalue weighted by molar-refractivity contribution is 6.32. The normalized spacial score (nSPS) is 12.0. The number of carbonyl (C=O) groups excluding carboxylic acids is 6. The molecule has 0 radical (unpaired) electrons. The van der Waals surface area contributed by atoms with Gasteiger partial charge in [0.15, 0.2) is 11.6 Å². The monoisotopic (exact) mass is 1040 g/mol. The maximum absolute atomic E-state index is 13.6. The molecule has 0 aliphatic rings. The molecule has 0 bridgehead atoms. The average molecular weight is 1040 g/mol. The first kappa shape index (κ1) is 53.5. The van der Waals surface area contributed by atoms with Crippen molar-refractivity contribution in [3.05, 3.63) is 129 Å². The first-order valence-electron chi connectivity index (χ1n) is 20.9. The zero-order valence-corrected chi connectivity index (χ0v) is 41.3. The van der Waals surface area contributed by atoms with E-state index in [1.54, 1.807) is 36.4 Å². The number of carbonyl (C=O) groups is 6. The van der Waals surface area contributed by atoms with Crippen molar-refractivity contribution in [2.75, 3.05) is 53.1 Å². The molecule has 5 rings (SSSR count). The Balaban J connectivity index is 1.28. The molecule has 16 nitrogen and oxygen atoms in total. The van der Waals surface area contributed by atoms with Crippen LogP contribution < -0.4 is 30.7 Å². The number of ketones is 2. The van der Waals surface area contributed by atoms with Crippen molar-refractivity contribution in [1.82, 2.24) is 0 Å². The maximum Gasteiger partial charge on any atom is 0.258 e. The second-order valence-corrected chi connectivity index (χ2v) is 17.0. The number of amides is 4. The number of nitrogens with zero attached hydrogens (tertiary/aromatic N) is 4. The topological polar surface area (TPSA) is 218 Å². The Morgan fingerprint density at radius 1 is 0.507 bits per heavy atom. The lowest BCUT2D eigenvalue weighted by atomic mass is 10.1. The third-order valence-electron chi connectivity index (χ3n) is 9.99. The molecule has 0 aromatic heterocycles. The van der Waals surface area contributed by atoms with Crippen molar-refractivity contribution in [2.24, 2.45) is 20.5 Å². The Morgan fingerprint density at radius 2 is 0.942 bits per heavy atom. The molecule has 0 saturated carbocycles. The molecule has 0 spiro atoms. The number of alkyl halides is 3. The molecule has 0 aliphatic heterocycles. The maximum atomic E-state index is 13.6. The number of anilines is 4. The summed E-state index contributed by atoms with van der Waals surface area (Å²) < 4.78 is 10.6. The van der Waals surface area contributed by atoms with Gasteiger partial charge in [-0.1, -0.05) is 35.3 Å². The van der Waals surface area contributed by atoms with E-state index in [-0.39, 0.29) is 56.2 Å². The summed E-state index contributed by atoms with van der Waals surface area (Å²) in [5, 5.41) is 27.4. The van der Waals surface area contributed by atoms with Gasteiger partial charge in [0.1, 0.15) is 11.5 Å². The minimum Gasteiger partial charge on any atom is -0.497 e. The van der Waals surface area contributed by atoms with Crippen molar-refractivity contribution in [2.45, 2.75) is 45.2 Å². The van der Waals surface area contributed by atoms with Gasteiger partial charge in [-0.15, -0.1) is 34.8 Å². The summed E-state index contributed by atoms with van der Waals surface area (Å²) in [5.74, 6) is -2.21. The fourth-order valence-electron chi connectivity index (χ4n) is 6.55. The van der Waals surface area contributed by atoms with E-state index in [9.17, 15) is 28.8 Å². The first-order chi connectivity index (χ1) is 33.0. The number of nitrogens with one attached hydrogen (secondary N) is 4. The Morgan fingerprint density at radius 3 is 1.36 bits per heavy atom. The summed E-state index contributed by atoms with van der Waals surface area (Å²) in [6.07, 6.45) is 1.17. The number of methoxy groups -OCH3 is 2. The van der Waals surface area contributed by atoms with Crippen LogP contribution in [0.1, 0.15) is 51.3 Å². The van der Waals surface area contributed by atoms with Gasteiger partial charge in [0.05, 0.1) is 25.6 Å². The quantitative estimate of drug-likeness (QED) is 0.0296. The van der Waals surface area contributed by atoms with Crippen LogP contribution in [0.2, 0.25) is 10.0 Å². The van der Waals surface area contributed by atoms with Crippen molar-refractivity contribution in [3.8, 4) is 11.5 Å². The number of hydrogen-bond acceptors (Lipinski definition) is 12.